The van der Waals surface area contributed by atoms with E-state index < -0.39 is 0 Å². The lowest BCUT2D eigenvalue weighted by Crippen LogP contribution is -2.16. The maximum Gasteiger partial charge on any atom is 0.0965 e. The Morgan fingerprint density at radius 1 is 1.67 bits per heavy atom. The Morgan fingerprint density at radius 2 is 2.33 bits per heavy atom. The molecule has 0 aliphatic heterocycles. The predicted octanol–water partition coefficient (Wildman–Crippen LogP) is 1.55. The normalized spacial score (nSPS) is 14.6. The molecule has 0 bridgehead atoms. The number of nitrogens with two attached hydrogens (primary N) is 1. The highest BCUT2D eigenvalue weighted by molar-refractivity contribution is 5.53. The molecule has 0 heterocycles. The second kappa shape index (κ2) is 5.76. The fourth-order valence-corrected chi connectivity index (χ4v) is 0.679. The fraction of sp³-hybridized carbons (Fsp3) is 0.857. The zero-order chi connectivity index (χ0) is 7.11. The average Bonchev–Trinajstić information content (AvgIpc) is 1.85. The average molecular weight is 128 g/mol. The summed E-state index contributed by atoms with van der Waals surface area (Å²) in [6, 6.07) is 0. The summed E-state index contributed by atoms with van der Waals surface area (Å²) < 4.78 is 0. The number of hydrogen-bond acceptors (Lipinski definition) is 2. The fourth-order valence-electron chi connectivity index (χ4n) is 0.679. The summed E-state index contributed by atoms with van der Waals surface area (Å²) in [5.41, 5.74) is 5.57. The molecule has 0 radical (unpaired) electrons. The van der Waals surface area contributed by atoms with Gasteiger partial charge in [0.2, 0.25) is 0 Å². The van der Waals surface area contributed by atoms with Crippen LogP contribution in [-0.2, 0) is 0 Å². The summed E-state index contributed by atoms with van der Waals surface area (Å²) in [4.78, 5) is 4.01. The first-order valence-corrected chi connectivity index (χ1v) is 3.54. The van der Waals surface area contributed by atoms with E-state index in [1.54, 1.807) is 6.21 Å². The Balaban J connectivity index is 3.15. The van der Waals surface area contributed by atoms with Gasteiger partial charge in [-0.2, -0.15) is 0 Å². The SMILES string of the molecule is CC=NC(N)CCCC. The largest absolute Gasteiger partial charge is 0.310 e. The van der Waals surface area contributed by atoms with Crippen molar-refractivity contribution < 1.29 is 0 Å². The molecule has 2 heteroatoms. The van der Waals surface area contributed by atoms with E-state index in [0.717, 1.165) is 6.42 Å². The van der Waals surface area contributed by atoms with E-state index in [4.69, 9.17) is 5.73 Å². The molecule has 0 fully saturated rings. The van der Waals surface area contributed by atoms with E-state index in [2.05, 4.69) is 11.9 Å². The minimum absolute atomic E-state index is 0.0370. The van der Waals surface area contributed by atoms with Crippen LogP contribution < -0.4 is 5.73 Å². The zero-order valence-corrected chi connectivity index (χ0v) is 6.30. The van der Waals surface area contributed by atoms with E-state index in [9.17, 15) is 0 Å². The van der Waals surface area contributed by atoms with Crippen LogP contribution in [0.2, 0.25) is 0 Å². The lowest BCUT2D eigenvalue weighted by molar-refractivity contribution is 0.599. The number of hydrogen-bond donors (Lipinski definition) is 1. The van der Waals surface area contributed by atoms with E-state index in [1.165, 1.54) is 12.8 Å². The van der Waals surface area contributed by atoms with Crippen molar-refractivity contribution in [1.29, 1.82) is 0 Å². The lowest BCUT2D eigenvalue weighted by Gasteiger charge is -2.02. The molecule has 1 unspecified atom stereocenters. The third kappa shape index (κ3) is 5.50. The highest BCUT2D eigenvalue weighted by atomic mass is 14.9. The molecule has 0 rings (SSSR count). The van der Waals surface area contributed by atoms with Gasteiger partial charge in [-0.3, -0.25) is 4.99 Å². The Labute approximate surface area is 57.2 Å². The van der Waals surface area contributed by atoms with Gasteiger partial charge in [-0.15, -0.1) is 0 Å². The van der Waals surface area contributed by atoms with Gasteiger partial charge in [0.1, 0.15) is 0 Å². The van der Waals surface area contributed by atoms with Crippen LogP contribution in [-0.4, -0.2) is 12.4 Å². The van der Waals surface area contributed by atoms with Crippen LogP contribution in [0, 0.1) is 0 Å². The lowest BCUT2D eigenvalue weighted by atomic mass is 10.2. The Kier molecular flexibility index (Phi) is 5.52. The minimum atomic E-state index is 0.0370. The zero-order valence-electron chi connectivity index (χ0n) is 6.30. The van der Waals surface area contributed by atoms with Crippen molar-refractivity contribution in [2.75, 3.05) is 0 Å². The standard InChI is InChI=1S/C7H16N2/c1-3-5-6-7(8)9-4-2/h4,7H,3,5-6,8H2,1-2H3. The van der Waals surface area contributed by atoms with Crippen LogP contribution in [0.1, 0.15) is 33.1 Å². The molecule has 0 saturated heterocycles. The first kappa shape index (κ1) is 8.63. The molecule has 54 valence electrons. The van der Waals surface area contributed by atoms with E-state index in [-0.39, 0.29) is 6.17 Å². The van der Waals surface area contributed by atoms with Gasteiger partial charge >= 0.3 is 0 Å². The number of unbranched alkanes of at least 4 members (excludes halogenated alkanes) is 1. The van der Waals surface area contributed by atoms with Gasteiger partial charge in [-0.25, -0.2) is 0 Å². The molecule has 2 N–H and O–H groups in total. The molecular weight excluding hydrogens is 112 g/mol. The van der Waals surface area contributed by atoms with Gasteiger partial charge in [0, 0.05) is 0 Å². The third-order valence-electron chi connectivity index (χ3n) is 1.19. The van der Waals surface area contributed by atoms with Crippen molar-refractivity contribution in [1.82, 2.24) is 0 Å². The molecule has 2 nitrogen and oxygen atoms in total. The van der Waals surface area contributed by atoms with Crippen LogP contribution in [0.3, 0.4) is 0 Å². The second-order valence-corrected chi connectivity index (χ2v) is 2.12. The van der Waals surface area contributed by atoms with Gasteiger partial charge < -0.3 is 5.73 Å². The predicted molar refractivity (Wildman–Crippen MR) is 41.7 cm³/mol. The molecule has 0 aromatic heterocycles. The van der Waals surface area contributed by atoms with E-state index >= 15 is 0 Å². The first-order valence-electron chi connectivity index (χ1n) is 3.54. The topological polar surface area (TPSA) is 38.4 Å². The van der Waals surface area contributed by atoms with Crippen LogP contribution in [0.15, 0.2) is 4.99 Å². The monoisotopic (exact) mass is 128 g/mol. The van der Waals surface area contributed by atoms with Gasteiger partial charge in [-0.05, 0) is 19.6 Å². The molecule has 0 spiro atoms. The second-order valence-electron chi connectivity index (χ2n) is 2.12. The first-order chi connectivity index (χ1) is 4.31. The smallest absolute Gasteiger partial charge is 0.0965 e. The van der Waals surface area contributed by atoms with Gasteiger partial charge in [-0.1, -0.05) is 19.8 Å². The van der Waals surface area contributed by atoms with Gasteiger partial charge in [0.05, 0.1) is 6.17 Å². The van der Waals surface area contributed by atoms with Crippen molar-refractivity contribution in [3.63, 3.8) is 0 Å². The molecular formula is C7H16N2. The molecule has 0 aromatic carbocycles. The van der Waals surface area contributed by atoms with Crippen LogP contribution in [0.5, 0.6) is 0 Å². The van der Waals surface area contributed by atoms with E-state index in [0.29, 0.717) is 0 Å². The van der Waals surface area contributed by atoms with Crippen molar-refractivity contribution in [3.8, 4) is 0 Å². The third-order valence-corrected chi connectivity index (χ3v) is 1.19. The van der Waals surface area contributed by atoms with Crippen LogP contribution in [0.25, 0.3) is 0 Å². The Morgan fingerprint density at radius 3 is 2.78 bits per heavy atom. The Hall–Kier alpha value is -0.370. The van der Waals surface area contributed by atoms with Crippen molar-refractivity contribution in [3.05, 3.63) is 0 Å². The molecule has 0 aromatic rings. The maximum atomic E-state index is 5.57. The highest BCUT2D eigenvalue weighted by Crippen LogP contribution is 1.97. The van der Waals surface area contributed by atoms with Crippen molar-refractivity contribution >= 4 is 6.21 Å². The van der Waals surface area contributed by atoms with Crippen LogP contribution >= 0.6 is 0 Å². The highest BCUT2D eigenvalue weighted by Gasteiger charge is 1.93. The number of nitrogens with zero attached hydrogens (tertiary/aromatic N) is 1. The van der Waals surface area contributed by atoms with Gasteiger partial charge in [0.25, 0.3) is 0 Å². The molecule has 1 atom stereocenters. The molecule has 0 saturated carbocycles. The Bertz CT molecular complexity index is 79.0. The summed E-state index contributed by atoms with van der Waals surface area (Å²) in [5, 5.41) is 0. The summed E-state index contributed by atoms with van der Waals surface area (Å²) in [5.74, 6) is 0. The molecule has 0 amide bonds. The summed E-state index contributed by atoms with van der Waals surface area (Å²) >= 11 is 0. The maximum absolute atomic E-state index is 5.57. The number of aliphatic imine (C=N–C) groups is 1. The number of rotatable bonds is 4. The summed E-state index contributed by atoms with van der Waals surface area (Å²) in [6.07, 6.45) is 5.20. The quantitative estimate of drug-likeness (QED) is 0.573. The van der Waals surface area contributed by atoms with Gasteiger partial charge in [0.15, 0.2) is 0 Å². The summed E-state index contributed by atoms with van der Waals surface area (Å²) in [6.45, 7) is 4.05. The van der Waals surface area contributed by atoms with E-state index in [1.807, 2.05) is 6.92 Å². The van der Waals surface area contributed by atoms with Crippen molar-refractivity contribution in [2.24, 2.45) is 10.7 Å². The molecule has 0 aliphatic carbocycles. The molecule has 9 heavy (non-hydrogen) atoms. The minimum Gasteiger partial charge on any atom is -0.310 e. The van der Waals surface area contributed by atoms with Crippen molar-refractivity contribution in [2.45, 2.75) is 39.3 Å². The summed E-state index contributed by atoms with van der Waals surface area (Å²) in [7, 11) is 0. The molecule has 0 aliphatic rings. The van der Waals surface area contributed by atoms with Crippen LogP contribution in [0.4, 0.5) is 0 Å².